The maximum Gasteiger partial charge on any atom is 0.243 e. The molecule has 1 amide bonds. The molecule has 0 heterocycles. The van der Waals surface area contributed by atoms with E-state index < -0.39 is 0 Å². The third kappa shape index (κ3) is 10.6. The molecule has 0 saturated carbocycles. The van der Waals surface area contributed by atoms with Crippen LogP contribution in [0.25, 0.3) is 0 Å². The molecular weight excluding hydrogens is 190 g/mol. The van der Waals surface area contributed by atoms with Crippen LogP contribution < -0.4 is 5.48 Å². The number of hydrogen-bond acceptors (Lipinski definition) is 2. The van der Waals surface area contributed by atoms with Crippen molar-refractivity contribution in [1.82, 2.24) is 5.48 Å². The van der Waals surface area contributed by atoms with Crippen LogP contribution in [-0.4, -0.2) is 11.1 Å². The van der Waals surface area contributed by atoms with Crippen molar-refractivity contribution >= 4 is 5.91 Å². The van der Waals surface area contributed by atoms with Crippen molar-refractivity contribution in [2.45, 2.75) is 32.1 Å². The molecule has 15 heavy (non-hydrogen) atoms. The average Bonchev–Trinajstić information content (AvgIpc) is 2.26. The Morgan fingerprint density at radius 1 is 1.20 bits per heavy atom. The molecular formula is C12H19NO2. The fourth-order valence-corrected chi connectivity index (χ4v) is 1.02. The Balaban J connectivity index is 3.31. The van der Waals surface area contributed by atoms with E-state index in [9.17, 15) is 4.79 Å². The van der Waals surface area contributed by atoms with Gasteiger partial charge in [0.2, 0.25) is 5.91 Å². The van der Waals surface area contributed by atoms with E-state index >= 15 is 0 Å². The second-order valence-corrected chi connectivity index (χ2v) is 3.13. The van der Waals surface area contributed by atoms with Gasteiger partial charge >= 0.3 is 0 Å². The first-order valence-electron chi connectivity index (χ1n) is 5.15. The second kappa shape index (κ2) is 10.7. The minimum Gasteiger partial charge on any atom is -0.289 e. The van der Waals surface area contributed by atoms with Gasteiger partial charge in [0.05, 0.1) is 0 Å². The maximum atomic E-state index is 10.6. The van der Waals surface area contributed by atoms with Crippen LogP contribution in [-0.2, 0) is 4.79 Å². The summed E-state index contributed by atoms with van der Waals surface area (Å²) in [6.45, 7) is 3.62. The number of carbonyl (C=O) groups is 1. The van der Waals surface area contributed by atoms with E-state index in [1.54, 1.807) is 5.48 Å². The van der Waals surface area contributed by atoms with E-state index in [0.717, 1.165) is 25.7 Å². The van der Waals surface area contributed by atoms with Crippen molar-refractivity contribution in [3.05, 3.63) is 37.0 Å². The van der Waals surface area contributed by atoms with Crippen LogP contribution in [0.5, 0.6) is 0 Å². The Labute approximate surface area is 91.1 Å². The van der Waals surface area contributed by atoms with E-state index in [1.807, 2.05) is 12.2 Å². The van der Waals surface area contributed by atoms with Gasteiger partial charge in [-0.2, -0.15) is 0 Å². The summed E-state index contributed by atoms with van der Waals surface area (Å²) < 4.78 is 0. The van der Waals surface area contributed by atoms with Crippen LogP contribution >= 0.6 is 0 Å². The van der Waals surface area contributed by atoms with Gasteiger partial charge in [0.15, 0.2) is 0 Å². The third-order valence-electron chi connectivity index (χ3n) is 1.81. The predicted molar refractivity (Wildman–Crippen MR) is 61.5 cm³/mol. The topological polar surface area (TPSA) is 49.3 Å². The molecule has 0 aromatic carbocycles. The number of allylic oxidation sites excluding steroid dienone is 5. The van der Waals surface area contributed by atoms with Gasteiger partial charge in [-0.05, 0) is 25.7 Å². The van der Waals surface area contributed by atoms with Crippen LogP contribution in [0.2, 0.25) is 0 Å². The van der Waals surface area contributed by atoms with Crippen molar-refractivity contribution in [1.29, 1.82) is 0 Å². The minimum atomic E-state index is -0.325. The van der Waals surface area contributed by atoms with Gasteiger partial charge in [0.25, 0.3) is 0 Å². The van der Waals surface area contributed by atoms with Gasteiger partial charge in [-0.1, -0.05) is 30.4 Å². The van der Waals surface area contributed by atoms with Gasteiger partial charge < -0.3 is 0 Å². The standard InChI is InChI=1S/C12H19NO2/c1-2-3-4-5-6-7-8-9-10-11-12(14)13-15/h2,4-5,7-8,15H,1,3,6,9-11H2,(H,13,14). The SMILES string of the molecule is C=CCC=CCC=CCCCC(=O)NO. The van der Waals surface area contributed by atoms with E-state index in [1.165, 1.54) is 0 Å². The monoisotopic (exact) mass is 209 g/mol. The van der Waals surface area contributed by atoms with Crippen molar-refractivity contribution in [2.24, 2.45) is 0 Å². The second-order valence-electron chi connectivity index (χ2n) is 3.13. The lowest BCUT2D eigenvalue weighted by atomic mass is 10.2. The van der Waals surface area contributed by atoms with Crippen LogP contribution in [0.3, 0.4) is 0 Å². The molecule has 0 aromatic rings. The van der Waals surface area contributed by atoms with Gasteiger partial charge in [-0.25, -0.2) is 5.48 Å². The smallest absolute Gasteiger partial charge is 0.243 e. The van der Waals surface area contributed by atoms with Crippen LogP contribution in [0.15, 0.2) is 37.0 Å². The Kier molecular flexibility index (Phi) is 9.76. The zero-order valence-electron chi connectivity index (χ0n) is 8.98. The molecule has 0 rings (SSSR count). The summed E-state index contributed by atoms with van der Waals surface area (Å²) in [5, 5.41) is 8.22. The van der Waals surface area contributed by atoms with E-state index in [-0.39, 0.29) is 5.91 Å². The van der Waals surface area contributed by atoms with E-state index in [4.69, 9.17) is 5.21 Å². The Morgan fingerprint density at radius 3 is 2.53 bits per heavy atom. The number of hydrogen-bond donors (Lipinski definition) is 2. The molecule has 84 valence electrons. The highest BCUT2D eigenvalue weighted by Gasteiger charge is 1.95. The van der Waals surface area contributed by atoms with Crippen LogP contribution in [0.1, 0.15) is 32.1 Å². The molecule has 0 aliphatic heterocycles. The molecule has 0 aliphatic rings. The van der Waals surface area contributed by atoms with Crippen molar-refractivity contribution in [2.75, 3.05) is 0 Å². The summed E-state index contributed by atoms with van der Waals surface area (Å²) in [5.74, 6) is -0.325. The van der Waals surface area contributed by atoms with Gasteiger partial charge in [0.1, 0.15) is 0 Å². The third-order valence-corrected chi connectivity index (χ3v) is 1.81. The number of carbonyl (C=O) groups excluding carboxylic acids is 1. The van der Waals surface area contributed by atoms with E-state index in [0.29, 0.717) is 6.42 Å². The fraction of sp³-hybridized carbons (Fsp3) is 0.417. The van der Waals surface area contributed by atoms with Crippen molar-refractivity contribution < 1.29 is 10.0 Å². The van der Waals surface area contributed by atoms with Gasteiger partial charge in [0, 0.05) is 6.42 Å². The van der Waals surface area contributed by atoms with E-state index in [2.05, 4.69) is 24.8 Å². The molecule has 0 aromatic heterocycles. The molecule has 0 radical (unpaired) electrons. The molecule has 0 atom stereocenters. The highest BCUT2D eigenvalue weighted by atomic mass is 16.5. The maximum absolute atomic E-state index is 10.6. The molecule has 3 nitrogen and oxygen atoms in total. The molecule has 0 saturated heterocycles. The number of hydroxylamine groups is 1. The van der Waals surface area contributed by atoms with Crippen molar-refractivity contribution in [3.63, 3.8) is 0 Å². The fourth-order valence-electron chi connectivity index (χ4n) is 1.02. The van der Waals surface area contributed by atoms with Crippen LogP contribution in [0.4, 0.5) is 0 Å². The highest BCUT2D eigenvalue weighted by molar-refractivity contribution is 5.74. The Hall–Kier alpha value is -1.35. The lowest BCUT2D eigenvalue weighted by Crippen LogP contribution is -2.17. The lowest BCUT2D eigenvalue weighted by Gasteiger charge is -1.94. The molecule has 0 spiro atoms. The average molecular weight is 209 g/mol. The summed E-state index contributed by atoms with van der Waals surface area (Å²) in [4.78, 5) is 10.6. The number of rotatable bonds is 8. The number of nitrogens with one attached hydrogen (secondary N) is 1. The molecule has 0 fully saturated rings. The summed E-state index contributed by atoms with van der Waals surface area (Å²) in [6, 6.07) is 0. The molecule has 0 aliphatic carbocycles. The molecule has 2 N–H and O–H groups in total. The minimum absolute atomic E-state index is 0.325. The first-order chi connectivity index (χ1) is 7.31. The Morgan fingerprint density at radius 2 is 1.87 bits per heavy atom. The number of amides is 1. The molecule has 3 heteroatoms. The van der Waals surface area contributed by atoms with Gasteiger partial charge in [-0.3, -0.25) is 10.0 Å². The zero-order valence-corrected chi connectivity index (χ0v) is 8.98. The van der Waals surface area contributed by atoms with Crippen molar-refractivity contribution in [3.8, 4) is 0 Å². The highest BCUT2D eigenvalue weighted by Crippen LogP contribution is 1.98. The number of unbranched alkanes of at least 4 members (excludes halogenated alkanes) is 1. The van der Waals surface area contributed by atoms with Crippen LogP contribution in [0, 0.1) is 0 Å². The first kappa shape index (κ1) is 13.7. The summed E-state index contributed by atoms with van der Waals surface area (Å²) in [6.07, 6.45) is 13.9. The quantitative estimate of drug-likeness (QED) is 0.279. The summed E-state index contributed by atoms with van der Waals surface area (Å²) >= 11 is 0. The Bertz CT molecular complexity index is 232. The summed E-state index contributed by atoms with van der Waals surface area (Å²) in [7, 11) is 0. The molecule has 0 bridgehead atoms. The summed E-state index contributed by atoms with van der Waals surface area (Å²) in [5.41, 5.74) is 1.61. The van der Waals surface area contributed by atoms with Gasteiger partial charge in [-0.15, -0.1) is 6.58 Å². The normalized spacial score (nSPS) is 11.0. The lowest BCUT2D eigenvalue weighted by molar-refractivity contribution is -0.129. The first-order valence-corrected chi connectivity index (χ1v) is 5.15. The predicted octanol–water partition coefficient (Wildman–Crippen LogP) is 2.74. The zero-order chi connectivity index (χ0) is 11.4. The largest absolute Gasteiger partial charge is 0.289 e. The molecule has 0 unspecified atom stereocenters.